The third kappa shape index (κ3) is 4.49. The molecule has 0 bridgehead atoms. The van der Waals surface area contributed by atoms with Crippen LogP contribution in [0.3, 0.4) is 0 Å². The van der Waals surface area contributed by atoms with E-state index in [9.17, 15) is 4.79 Å². The van der Waals surface area contributed by atoms with Gasteiger partial charge in [0, 0.05) is 0 Å². The van der Waals surface area contributed by atoms with Gasteiger partial charge in [-0.3, -0.25) is 0 Å². The number of hydrogen-bond donors (Lipinski definition) is 0. The van der Waals surface area contributed by atoms with Crippen molar-refractivity contribution in [3.05, 3.63) is 11.0 Å². The number of rotatable bonds is 3. The third-order valence-corrected chi connectivity index (χ3v) is 9.50. The van der Waals surface area contributed by atoms with Gasteiger partial charge >= 0.3 is 94.5 Å². The molecule has 0 saturated heterocycles. The van der Waals surface area contributed by atoms with Crippen LogP contribution in [0.15, 0.2) is 11.0 Å². The summed E-state index contributed by atoms with van der Waals surface area (Å²) in [6.07, 6.45) is 0. The standard InChI is InChI=1S/C9H17GeIO2/c1-7(10(5,6)11)9(3,4)13-8(2)12/h1H2,2-6H3. The van der Waals surface area contributed by atoms with Crippen molar-refractivity contribution in [2.45, 2.75) is 37.9 Å². The Balaban J connectivity index is 4.65. The Hall–Kier alpha value is 0.483. The van der Waals surface area contributed by atoms with Crippen LogP contribution in [0.25, 0.3) is 0 Å². The van der Waals surface area contributed by atoms with Crippen LogP contribution in [-0.2, 0) is 9.53 Å². The Morgan fingerprint density at radius 1 is 1.46 bits per heavy atom. The van der Waals surface area contributed by atoms with E-state index in [2.05, 4.69) is 38.3 Å². The van der Waals surface area contributed by atoms with Gasteiger partial charge in [0.05, 0.1) is 0 Å². The molecule has 4 heteroatoms. The summed E-state index contributed by atoms with van der Waals surface area (Å²) in [5.41, 5.74) is -0.503. The zero-order chi connectivity index (χ0) is 10.9. The van der Waals surface area contributed by atoms with E-state index in [4.69, 9.17) is 4.74 Å². The first-order valence-corrected chi connectivity index (χ1v) is 15.8. The van der Waals surface area contributed by atoms with E-state index in [0.29, 0.717) is 0 Å². The van der Waals surface area contributed by atoms with Gasteiger partial charge in [0.25, 0.3) is 0 Å². The SMILES string of the molecule is C=[C](C(C)(C)OC(C)=O)[Ge]([CH3])([CH3])[I]. The summed E-state index contributed by atoms with van der Waals surface area (Å²) >= 11 is 2.47. The molecule has 0 saturated carbocycles. The number of halogens is 1. The number of carbonyl (C=O) groups excluding carboxylic acids is 1. The monoisotopic (exact) mass is 358 g/mol. The third-order valence-electron chi connectivity index (χ3n) is 1.84. The molecular weight excluding hydrogens is 340 g/mol. The number of carbonyl (C=O) groups is 1. The van der Waals surface area contributed by atoms with Gasteiger partial charge in [0.2, 0.25) is 0 Å². The Labute approximate surface area is 94.1 Å². The van der Waals surface area contributed by atoms with Crippen LogP contribution in [0, 0.1) is 0 Å². The van der Waals surface area contributed by atoms with Crippen LogP contribution >= 0.6 is 20.2 Å². The van der Waals surface area contributed by atoms with Crippen molar-refractivity contribution < 1.29 is 9.53 Å². The molecule has 76 valence electrons. The predicted molar refractivity (Wildman–Crippen MR) is 66.5 cm³/mol. The summed E-state index contributed by atoms with van der Waals surface area (Å²) < 4.78 is 6.33. The first-order chi connectivity index (χ1) is 5.57. The van der Waals surface area contributed by atoms with Gasteiger partial charge in [-0.15, -0.1) is 0 Å². The van der Waals surface area contributed by atoms with Crippen molar-refractivity contribution in [1.29, 1.82) is 0 Å². The van der Waals surface area contributed by atoms with Gasteiger partial charge in [-0.05, 0) is 0 Å². The second-order valence-corrected chi connectivity index (χ2v) is 25.5. The van der Waals surface area contributed by atoms with Gasteiger partial charge < -0.3 is 0 Å². The summed E-state index contributed by atoms with van der Waals surface area (Å²) in [4.78, 5) is 10.8. The van der Waals surface area contributed by atoms with Crippen molar-refractivity contribution in [3.8, 4) is 0 Å². The van der Waals surface area contributed by atoms with E-state index in [0.717, 1.165) is 4.41 Å². The molecular formula is C9H17GeIO2. The van der Waals surface area contributed by atoms with E-state index in [1.165, 1.54) is 6.92 Å². The van der Waals surface area contributed by atoms with Crippen LogP contribution in [0.5, 0.6) is 0 Å². The predicted octanol–water partition coefficient (Wildman–Crippen LogP) is 3.06. The van der Waals surface area contributed by atoms with E-state index in [-0.39, 0.29) is 5.97 Å². The molecule has 0 aromatic rings. The average molecular weight is 357 g/mol. The van der Waals surface area contributed by atoms with Crippen molar-refractivity contribution in [1.82, 2.24) is 0 Å². The molecule has 0 aromatic carbocycles. The van der Waals surface area contributed by atoms with Crippen molar-refractivity contribution in [3.63, 3.8) is 0 Å². The molecule has 13 heavy (non-hydrogen) atoms. The van der Waals surface area contributed by atoms with Gasteiger partial charge in [-0.1, -0.05) is 0 Å². The minimum atomic E-state index is -1.95. The fourth-order valence-electron chi connectivity index (χ4n) is 1.14. The molecule has 0 unspecified atom stereocenters. The number of hydrogen-bond acceptors (Lipinski definition) is 2. The number of ether oxygens (including phenoxy) is 1. The van der Waals surface area contributed by atoms with Crippen LogP contribution in [-0.4, -0.2) is 21.5 Å². The summed E-state index contributed by atoms with van der Waals surface area (Å²) in [7, 11) is -1.95. The maximum atomic E-state index is 10.8. The van der Waals surface area contributed by atoms with Crippen molar-refractivity contribution in [2.75, 3.05) is 0 Å². The second-order valence-electron chi connectivity index (χ2n) is 4.05. The molecule has 0 aliphatic carbocycles. The normalized spacial score (nSPS) is 12.5. The topological polar surface area (TPSA) is 26.3 Å². The van der Waals surface area contributed by atoms with Crippen molar-refractivity contribution in [2.24, 2.45) is 0 Å². The van der Waals surface area contributed by atoms with Gasteiger partial charge in [-0.25, -0.2) is 0 Å². The molecule has 0 radical (unpaired) electrons. The van der Waals surface area contributed by atoms with Crippen LogP contribution in [0.4, 0.5) is 0 Å². The molecule has 0 fully saturated rings. The van der Waals surface area contributed by atoms with Crippen molar-refractivity contribution >= 4 is 36.1 Å². The molecule has 0 amide bonds. The van der Waals surface area contributed by atoms with E-state index >= 15 is 0 Å². The first-order valence-electron chi connectivity index (χ1n) is 4.15. The molecule has 0 heterocycles. The van der Waals surface area contributed by atoms with Gasteiger partial charge in [0.1, 0.15) is 0 Å². The van der Waals surface area contributed by atoms with Crippen LogP contribution in [0.1, 0.15) is 20.8 Å². The summed E-state index contributed by atoms with van der Waals surface area (Å²) in [6.45, 7) is 9.29. The zero-order valence-corrected chi connectivity index (χ0v) is 13.2. The van der Waals surface area contributed by atoms with Gasteiger partial charge in [-0.2, -0.15) is 0 Å². The second kappa shape index (κ2) is 4.34. The quantitative estimate of drug-likeness (QED) is 0.441. The molecule has 2 nitrogen and oxygen atoms in total. The Morgan fingerprint density at radius 2 is 1.85 bits per heavy atom. The fraction of sp³-hybridized carbons (Fsp3) is 0.667. The molecule has 0 atom stereocenters. The molecule has 0 aliphatic heterocycles. The molecule has 0 rings (SSSR count). The molecule has 0 N–H and O–H groups in total. The van der Waals surface area contributed by atoms with Crippen LogP contribution < -0.4 is 0 Å². The summed E-state index contributed by atoms with van der Waals surface area (Å²) in [5.74, 6) is 4.22. The van der Waals surface area contributed by atoms with E-state index in [1.807, 2.05) is 13.8 Å². The Bertz CT molecular complexity index is 228. The maximum absolute atomic E-state index is 10.8. The zero-order valence-electron chi connectivity index (χ0n) is 8.90. The van der Waals surface area contributed by atoms with E-state index < -0.39 is 15.6 Å². The van der Waals surface area contributed by atoms with Gasteiger partial charge in [0.15, 0.2) is 0 Å². The fourth-order valence-corrected chi connectivity index (χ4v) is 7.62. The Morgan fingerprint density at radius 3 is 2.08 bits per heavy atom. The summed E-state index contributed by atoms with van der Waals surface area (Å²) in [6, 6.07) is 0. The summed E-state index contributed by atoms with van der Waals surface area (Å²) in [5, 5.41) is 0. The first kappa shape index (κ1) is 13.5. The number of esters is 1. The Kier molecular flexibility index (Phi) is 4.50. The van der Waals surface area contributed by atoms with E-state index in [1.54, 1.807) is 0 Å². The molecule has 0 aromatic heterocycles. The molecule has 0 spiro atoms. The van der Waals surface area contributed by atoms with Crippen LogP contribution in [0.2, 0.25) is 11.5 Å². The average Bonchev–Trinajstić information content (AvgIpc) is 1.80. The minimum absolute atomic E-state index is 0.241. The molecule has 0 aliphatic rings.